The van der Waals surface area contributed by atoms with Gasteiger partial charge in [-0.1, -0.05) is 12.1 Å². The lowest BCUT2D eigenvalue weighted by atomic mass is 10.1. The normalized spacial score (nSPS) is 13.3. The monoisotopic (exact) mass is 397 g/mol. The Morgan fingerprint density at radius 1 is 1.24 bits per heavy atom. The number of aryl methyl sites for hydroxylation is 1. The second-order valence-corrected chi connectivity index (χ2v) is 6.55. The summed E-state index contributed by atoms with van der Waals surface area (Å²) in [6.07, 6.45) is 1.15. The van der Waals surface area contributed by atoms with Crippen LogP contribution in [0.25, 0.3) is 0 Å². The fourth-order valence-electron chi connectivity index (χ4n) is 3.08. The highest BCUT2D eigenvalue weighted by atomic mass is 16.6. The third-order valence-corrected chi connectivity index (χ3v) is 4.52. The first-order valence-corrected chi connectivity index (χ1v) is 8.98. The molecule has 2 aromatic rings. The summed E-state index contributed by atoms with van der Waals surface area (Å²) in [7, 11) is 0. The molecule has 0 atom stereocenters. The van der Waals surface area contributed by atoms with E-state index in [0.717, 1.165) is 6.42 Å². The maximum absolute atomic E-state index is 12.5. The molecule has 2 aromatic carbocycles. The molecule has 0 unspecified atom stereocenters. The maximum Gasteiger partial charge on any atom is 0.340 e. The van der Waals surface area contributed by atoms with Gasteiger partial charge in [0.1, 0.15) is 0 Å². The number of para-hydroxylation sites is 1. The number of hydrogen-bond donors (Lipinski definition) is 1. The fourth-order valence-corrected chi connectivity index (χ4v) is 3.08. The van der Waals surface area contributed by atoms with Crippen molar-refractivity contribution >= 4 is 34.8 Å². The molecule has 3 rings (SSSR count). The van der Waals surface area contributed by atoms with E-state index in [1.807, 2.05) is 0 Å². The first-order valence-electron chi connectivity index (χ1n) is 8.98. The van der Waals surface area contributed by atoms with Crippen molar-refractivity contribution in [3.63, 3.8) is 0 Å². The smallest absolute Gasteiger partial charge is 0.340 e. The maximum atomic E-state index is 12.5. The highest BCUT2D eigenvalue weighted by Crippen LogP contribution is 2.26. The number of carbonyl (C=O) groups excluding carboxylic acids is 3. The molecule has 1 heterocycles. The summed E-state index contributed by atoms with van der Waals surface area (Å²) in [5, 5.41) is 13.3. The highest BCUT2D eigenvalue weighted by molar-refractivity contribution is 6.04. The summed E-state index contributed by atoms with van der Waals surface area (Å²) in [5.74, 6) is -1.35. The number of ether oxygens (including phenoxy) is 1. The Hall–Kier alpha value is -3.75. The molecule has 0 bridgehead atoms. The van der Waals surface area contributed by atoms with Crippen LogP contribution in [0.1, 0.15) is 28.8 Å². The molecule has 0 aromatic heterocycles. The van der Waals surface area contributed by atoms with Crippen molar-refractivity contribution in [2.24, 2.45) is 0 Å². The minimum Gasteiger partial charge on any atom is -0.452 e. The molecular weight excluding hydrogens is 378 g/mol. The minimum atomic E-state index is -0.712. The number of nitrogens with one attached hydrogen (secondary N) is 1. The molecule has 2 amide bonds. The van der Waals surface area contributed by atoms with Crippen LogP contribution in [0.2, 0.25) is 0 Å². The van der Waals surface area contributed by atoms with Crippen molar-refractivity contribution < 1.29 is 24.0 Å². The van der Waals surface area contributed by atoms with Gasteiger partial charge < -0.3 is 15.0 Å². The van der Waals surface area contributed by atoms with E-state index in [4.69, 9.17) is 4.74 Å². The van der Waals surface area contributed by atoms with Crippen LogP contribution >= 0.6 is 0 Å². The molecule has 0 saturated carbocycles. The molecule has 1 aliphatic heterocycles. The van der Waals surface area contributed by atoms with Gasteiger partial charge in [-0.15, -0.1) is 0 Å². The molecule has 0 radical (unpaired) electrons. The second-order valence-electron chi connectivity index (χ2n) is 6.55. The van der Waals surface area contributed by atoms with Crippen LogP contribution < -0.4 is 10.2 Å². The zero-order valence-electron chi connectivity index (χ0n) is 15.7. The Balaban J connectivity index is 1.63. The van der Waals surface area contributed by atoms with Gasteiger partial charge in [-0.05, 0) is 37.1 Å². The number of benzene rings is 2. The second kappa shape index (κ2) is 8.51. The van der Waals surface area contributed by atoms with Gasteiger partial charge in [-0.25, -0.2) is 4.79 Å². The quantitative estimate of drug-likeness (QED) is 0.455. The van der Waals surface area contributed by atoms with E-state index < -0.39 is 23.4 Å². The predicted octanol–water partition coefficient (Wildman–Crippen LogP) is 2.83. The molecule has 1 fully saturated rings. The van der Waals surface area contributed by atoms with Crippen molar-refractivity contribution in [3.8, 4) is 0 Å². The van der Waals surface area contributed by atoms with Gasteiger partial charge in [0.2, 0.25) is 5.91 Å². The van der Waals surface area contributed by atoms with Crippen molar-refractivity contribution in [1.82, 2.24) is 0 Å². The number of non-ortho nitro benzene ring substituents is 1. The van der Waals surface area contributed by atoms with Gasteiger partial charge in [0.15, 0.2) is 6.61 Å². The largest absolute Gasteiger partial charge is 0.452 e. The van der Waals surface area contributed by atoms with Gasteiger partial charge in [0.05, 0.1) is 16.2 Å². The van der Waals surface area contributed by atoms with E-state index in [1.54, 1.807) is 31.2 Å². The number of carbonyl (C=O) groups is 3. The Bertz CT molecular complexity index is 988. The average Bonchev–Trinajstić information content (AvgIpc) is 3.13. The number of nitro groups is 1. The van der Waals surface area contributed by atoms with Gasteiger partial charge >= 0.3 is 5.97 Å². The van der Waals surface area contributed by atoms with Crippen LogP contribution in [0.5, 0.6) is 0 Å². The van der Waals surface area contributed by atoms with E-state index in [-0.39, 0.29) is 17.2 Å². The first kappa shape index (κ1) is 20.0. The molecular formula is C20H19N3O6. The molecule has 1 N–H and O–H groups in total. The number of nitro benzene ring substituents is 1. The lowest BCUT2D eigenvalue weighted by Gasteiger charge is -2.18. The van der Waals surface area contributed by atoms with Crippen LogP contribution in [0.15, 0.2) is 42.5 Å². The van der Waals surface area contributed by atoms with E-state index >= 15 is 0 Å². The number of anilines is 2. The predicted molar refractivity (Wildman–Crippen MR) is 105 cm³/mol. The number of hydrogen-bond acceptors (Lipinski definition) is 6. The fraction of sp³-hybridized carbons (Fsp3) is 0.250. The lowest BCUT2D eigenvalue weighted by Crippen LogP contribution is -2.27. The standard InChI is InChI=1S/C20H19N3O6/c1-13-11-14(23(27)28)8-9-16(13)21-18(24)12-29-20(26)15-5-2-3-6-17(15)22-10-4-7-19(22)25/h2-3,5-6,8-9,11H,4,7,10,12H2,1H3,(H,21,24). The Morgan fingerprint density at radius 2 is 2.00 bits per heavy atom. The topological polar surface area (TPSA) is 119 Å². The van der Waals surface area contributed by atoms with Crippen LogP contribution in [0.3, 0.4) is 0 Å². The highest BCUT2D eigenvalue weighted by Gasteiger charge is 2.26. The summed E-state index contributed by atoms with van der Waals surface area (Å²) in [5.41, 5.74) is 1.49. The van der Waals surface area contributed by atoms with Crippen molar-refractivity contribution in [2.75, 3.05) is 23.4 Å². The Kier molecular flexibility index (Phi) is 5.87. The number of nitrogens with zero attached hydrogens (tertiary/aromatic N) is 2. The van der Waals surface area contributed by atoms with Crippen LogP contribution in [0, 0.1) is 17.0 Å². The van der Waals surface area contributed by atoms with Crippen molar-refractivity contribution in [3.05, 3.63) is 63.7 Å². The molecule has 1 saturated heterocycles. The van der Waals surface area contributed by atoms with E-state index in [9.17, 15) is 24.5 Å². The van der Waals surface area contributed by atoms with Gasteiger partial charge in [-0.2, -0.15) is 0 Å². The molecule has 0 aliphatic carbocycles. The summed E-state index contributed by atoms with van der Waals surface area (Å²) >= 11 is 0. The first-order chi connectivity index (χ1) is 13.9. The Labute approximate surface area is 166 Å². The van der Waals surface area contributed by atoms with Gasteiger partial charge in [0.25, 0.3) is 11.6 Å². The minimum absolute atomic E-state index is 0.0587. The average molecular weight is 397 g/mol. The number of amides is 2. The summed E-state index contributed by atoms with van der Waals surface area (Å²) in [4.78, 5) is 48.4. The summed E-state index contributed by atoms with van der Waals surface area (Å²) < 4.78 is 5.10. The van der Waals surface area contributed by atoms with E-state index in [0.29, 0.717) is 29.9 Å². The van der Waals surface area contributed by atoms with E-state index in [2.05, 4.69) is 5.32 Å². The summed E-state index contributed by atoms with van der Waals surface area (Å²) in [6.45, 7) is 1.62. The molecule has 0 spiro atoms. The van der Waals surface area contributed by atoms with Crippen molar-refractivity contribution in [1.29, 1.82) is 0 Å². The van der Waals surface area contributed by atoms with E-state index in [1.165, 1.54) is 23.1 Å². The zero-order valence-corrected chi connectivity index (χ0v) is 15.7. The van der Waals surface area contributed by atoms with Gasteiger partial charge in [0, 0.05) is 30.8 Å². The SMILES string of the molecule is Cc1cc([N+](=O)[O-])ccc1NC(=O)COC(=O)c1ccccc1N1CCCC1=O. The van der Waals surface area contributed by atoms with Gasteiger partial charge in [-0.3, -0.25) is 19.7 Å². The van der Waals surface area contributed by atoms with Crippen LogP contribution in [-0.4, -0.2) is 35.9 Å². The number of esters is 1. The molecule has 1 aliphatic rings. The molecule has 9 heteroatoms. The molecule has 29 heavy (non-hydrogen) atoms. The number of rotatable bonds is 6. The van der Waals surface area contributed by atoms with Crippen molar-refractivity contribution in [2.45, 2.75) is 19.8 Å². The third kappa shape index (κ3) is 4.57. The third-order valence-electron chi connectivity index (χ3n) is 4.52. The summed E-state index contributed by atoms with van der Waals surface area (Å²) in [6, 6.07) is 10.6. The molecule has 150 valence electrons. The lowest BCUT2D eigenvalue weighted by molar-refractivity contribution is -0.384. The zero-order chi connectivity index (χ0) is 21.0. The Morgan fingerprint density at radius 3 is 2.66 bits per heavy atom. The van der Waals surface area contributed by atoms with Crippen LogP contribution in [-0.2, 0) is 14.3 Å². The van der Waals surface area contributed by atoms with Crippen LogP contribution in [0.4, 0.5) is 17.1 Å². The molecule has 9 nitrogen and oxygen atoms in total.